The fourth-order valence-electron chi connectivity index (χ4n) is 1.96. The van der Waals surface area contributed by atoms with Gasteiger partial charge in [-0.05, 0) is 30.9 Å². The molecule has 1 aliphatic carbocycles. The van der Waals surface area contributed by atoms with Gasteiger partial charge in [-0.15, -0.1) is 11.3 Å². The summed E-state index contributed by atoms with van der Waals surface area (Å²) in [5, 5.41) is 2.85. The first-order valence-corrected chi connectivity index (χ1v) is 6.76. The predicted molar refractivity (Wildman–Crippen MR) is 68.1 cm³/mol. The number of carbonyl (C=O) groups is 1. The van der Waals surface area contributed by atoms with Crippen molar-refractivity contribution < 1.29 is 9.53 Å². The summed E-state index contributed by atoms with van der Waals surface area (Å²) < 4.78 is 5.06. The van der Waals surface area contributed by atoms with Crippen LogP contribution in [-0.4, -0.2) is 25.7 Å². The van der Waals surface area contributed by atoms with Gasteiger partial charge in [0.05, 0.1) is 13.2 Å². The van der Waals surface area contributed by atoms with E-state index in [1.807, 2.05) is 11.3 Å². The molecule has 1 amide bonds. The lowest BCUT2D eigenvalue weighted by atomic mass is 10.2. The Kier molecular flexibility index (Phi) is 4.53. The van der Waals surface area contributed by atoms with Crippen LogP contribution in [0.1, 0.15) is 21.7 Å². The molecular formula is C12H18N2O2S. The minimum Gasteiger partial charge on any atom is -0.370 e. The van der Waals surface area contributed by atoms with Crippen molar-refractivity contribution in [1.82, 2.24) is 5.32 Å². The van der Waals surface area contributed by atoms with Gasteiger partial charge in [0.15, 0.2) is 0 Å². The van der Waals surface area contributed by atoms with Crippen molar-refractivity contribution in [3.63, 3.8) is 0 Å². The highest BCUT2D eigenvalue weighted by Crippen LogP contribution is 2.30. The van der Waals surface area contributed by atoms with Crippen LogP contribution in [0.25, 0.3) is 0 Å². The zero-order valence-corrected chi connectivity index (χ0v) is 10.6. The lowest BCUT2D eigenvalue weighted by Gasteiger charge is -2.04. The number of thiophene rings is 1. The minimum absolute atomic E-state index is 0.0768. The van der Waals surface area contributed by atoms with Crippen LogP contribution in [0.3, 0.4) is 0 Å². The SMILES string of the molecule is NCCOCC(=O)NCc1cc2c(s1)CCC2. The first-order valence-electron chi connectivity index (χ1n) is 5.94. The molecule has 3 N–H and O–H groups in total. The molecule has 0 radical (unpaired) electrons. The molecule has 5 heteroatoms. The van der Waals surface area contributed by atoms with Gasteiger partial charge >= 0.3 is 0 Å². The van der Waals surface area contributed by atoms with E-state index >= 15 is 0 Å². The van der Waals surface area contributed by atoms with Crippen LogP contribution in [0.2, 0.25) is 0 Å². The second kappa shape index (κ2) is 6.14. The molecule has 0 bridgehead atoms. The fraction of sp³-hybridized carbons (Fsp3) is 0.583. The van der Waals surface area contributed by atoms with Crippen molar-refractivity contribution in [1.29, 1.82) is 0 Å². The Morgan fingerprint density at radius 1 is 1.53 bits per heavy atom. The third-order valence-corrected chi connectivity index (χ3v) is 3.99. The zero-order chi connectivity index (χ0) is 12.1. The number of ether oxygens (including phenoxy) is 1. The number of carbonyl (C=O) groups excluding carboxylic acids is 1. The smallest absolute Gasteiger partial charge is 0.246 e. The summed E-state index contributed by atoms with van der Waals surface area (Å²) in [6.07, 6.45) is 3.67. The van der Waals surface area contributed by atoms with E-state index in [9.17, 15) is 4.79 Å². The molecular weight excluding hydrogens is 236 g/mol. The van der Waals surface area contributed by atoms with Crippen LogP contribution in [0.15, 0.2) is 6.07 Å². The number of hydrogen-bond donors (Lipinski definition) is 2. The van der Waals surface area contributed by atoms with E-state index in [-0.39, 0.29) is 12.5 Å². The Hall–Kier alpha value is -0.910. The monoisotopic (exact) mass is 254 g/mol. The Labute approximate surface area is 105 Å². The van der Waals surface area contributed by atoms with E-state index in [0.717, 1.165) is 0 Å². The van der Waals surface area contributed by atoms with Gasteiger partial charge in [0.1, 0.15) is 6.61 Å². The van der Waals surface area contributed by atoms with Crippen LogP contribution in [0, 0.1) is 0 Å². The normalized spacial score (nSPS) is 13.7. The number of nitrogens with one attached hydrogen (secondary N) is 1. The largest absolute Gasteiger partial charge is 0.370 e. The van der Waals surface area contributed by atoms with E-state index in [2.05, 4.69) is 11.4 Å². The van der Waals surface area contributed by atoms with Gasteiger partial charge in [-0.1, -0.05) is 0 Å². The molecule has 1 aromatic rings. The third-order valence-electron chi connectivity index (χ3n) is 2.75. The van der Waals surface area contributed by atoms with Crippen LogP contribution >= 0.6 is 11.3 Å². The number of rotatable bonds is 6. The molecule has 1 aliphatic rings. The lowest BCUT2D eigenvalue weighted by Crippen LogP contribution is -2.27. The molecule has 17 heavy (non-hydrogen) atoms. The maximum Gasteiger partial charge on any atom is 0.246 e. The number of aryl methyl sites for hydroxylation is 2. The topological polar surface area (TPSA) is 64.3 Å². The maximum absolute atomic E-state index is 11.4. The quantitative estimate of drug-likeness (QED) is 0.739. The number of hydrogen-bond acceptors (Lipinski definition) is 4. The summed E-state index contributed by atoms with van der Waals surface area (Å²) in [7, 11) is 0. The van der Waals surface area contributed by atoms with Gasteiger partial charge in [0.25, 0.3) is 0 Å². The van der Waals surface area contributed by atoms with Crippen LogP contribution in [0.4, 0.5) is 0 Å². The van der Waals surface area contributed by atoms with Crippen molar-refractivity contribution in [3.8, 4) is 0 Å². The van der Waals surface area contributed by atoms with Gasteiger partial charge in [0, 0.05) is 16.3 Å². The second-order valence-corrected chi connectivity index (χ2v) is 5.35. The molecule has 0 aliphatic heterocycles. The van der Waals surface area contributed by atoms with E-state index < -0.39 is 0 Å². The van der Waals surface area contributed by atoms with Crippen molar-refractivity contribution in [3.05, 3.63) is 21.4 Å². The van der Waals surface area contributed by atoms with E-state index in [4.69, 9.17) is 10.5 Å². The summed E-state index contributed by atoms with van der Waals surface area (Å²) in [6, 6.07) is 2.22. The molecule has 0 saturated carbocycles. The Morgan fingerprint density at radius 3 is 3.18 bits per heavy atom. The Morgan fingerprint density at radius 2 is 2.41 bits per heavy atom. The molecule has 4 nitrogen and oxygen atoms in total. The van der Waals surface area contributed by atoms with Crippen LogP contribution in [0.5, 0.6) is 0 Å². The molecule has 0 atom stereocenters. The zero-order valence-electron chi connectivity index (χ0n) is 9.83. The second-order valence-electron chi connectivity index (χ2n) is 4.13. The molecule has 0 fully saturated rings. The molecule has 94 valence electrons. The van der Waals surface area contributed by atoms with Gasteiger partial charge in [-0.3, -0.25) is 4.79 Å². The highest BCUT2D eigenvalue weighted by Gasteiger charge is 2.14. The first-order chi connectivity index (χ1) is 8.29. The molecule has 0 unspecified atom stereocenters. The highest BCUT2D eigenvalue weighted by atomic mass is 32.1. The summed E-state index contributed by atoms with van der Waals surface area (Å²) in [6.45, 7) is 1.59. The van der Waals surface area contributed by atoms with Crippen molar-refractivity contribution in [2.24, 2.45) is 5.73 Å². The van der Waals surface area contributed by atoms with Crippen molar-refractivity contribution >= 4 is 17.2 Å². The predicted octanol–water partition coefficient (Wildman–Crippen LogP) is 0.828. The highest BCUT2D eigenvalue weighted by molar-refractivity contribution is 7.12. The fourth-order valence-corrected chi connectivity index (χ4v) is 3.16. The molecule has 0 saturated heterocycles. The summed E-state index contributed by atoms with van der Waals surface area (Å²) in [5.41, 5.74) is 6.74. The maximum atomic E-state index is 11.4. The Balaban J connectivity index is 1.72. The van der Waals surface area contributed by atoms with E-state index in [0.29, 0.717) is 19.7 Å². The standard InChI is InChI=1S/C12H18N2O2S/c13-4-5-16-8-12(15)14-7-10-6-9-2-1-3-11(9)17-10/h6H,1-5,7-8,13H2,(H,14,15). The Bertz CT molecular complexity index is 368. The van der Waals surface area contributed by atoms with Crippen LogP contribution in [-0.2, 0) is 28.9 Å². The molecule has 0 aromatic carbocycles. The average molecular weight is 254 g/mol. The molecule has 0 spiro atoms. The number of fused-ring (bicyclic) bond motifs is 1. The van der Waals surface area contributed by atoms with Gasteiger partial charge < -0.3 is 15.8 Å². The average Bonchev–Trinajstić information content (AvgIpc) is 2.86. The molecule has 2 rings (SSSR count). The minimum atomic E-state index is -0.0768. The van der Waals surface area contributed by atoms with Gasteiger partial charge in [-0.2, -0.15) is 0 Å². The number of amides is 1. The number of nitrogens with two attached hydrogens (primary N) is 1. The van der Waals surface area contributed by atoms with Crippen molar-refractivity contribution in [2.45, 2.75) is 25.8 Å². The van der Waals surface area contributed by atoms with Crippen LogP contribution < -0.4 is 11.1 Å². The molecule has 1 heterocycles. The summed E-state index contributed by atoms with van der Waals surface area (Å²) >= 11 is 1.82. The summed E-state index contributed by atoms with van der Waals surface area (Å²) in [5.74, 6) is -0.0768. The van der Waals surface area contributed by atoms with Gasteiger partial charge in [0.2, 0.25) is 5.91 Å². The molecule has 1 aromatic heterocycles. The van der Waals surface area contributed by atoms with E-state index in [1.165, 1.54) is 34.6 Å². The summed E-state index contributed by atoms with van der Waals surface area (Å²) in [4.78, 5) is 14.1. The first kappa shape index (κ1) is 12.5. The van der Waals surface area contributed by atoms with E-state index in [1.54, 1.807) is 0 Å². The van der Waals surface area contributed by atoms with Gasteiger partial charge in [-0.25, -0.2) is 0 Å². The third kappa shape index (κ3) is 3.52. The lowest BCUT2D eigenvalue weighted by molar-refractivity contribution is -0.125. The van der Waals surface area contributed by atoms with Crippen molar-refractivity contribution in [2.75, 3.05) is 19.8 Å².